The second-order valence-electron chi connectivity index (χ2n) is 9.17. The molecule has 1 aromatic rings. The number of aliphatic hydroxyl groups is 4. The van der Waals surface area contributed by atoms with Gasteiger partial charge in [-0.2, -0.15) is 0 Å². The molecule has 9 nitrogen and oxygen atoms in total. The highest BCUT2D eigenvalue weighted by Gasteiger charge is 2.38. The van der Waals surface area contributed by atoms with Crippen LogP contribution in [0.3, 0.4) is 0 Å². The van der Waals surface area contributed by atoms with Crippen LogP contribution >= 0.6 is 17.2 Å². The molecule has 0 spiro atoms. The van der Waals surface area contributed by atoms with Crippen molar-refractivity contribution < 1.29 is 44.3 Å². The third-order valence-corrected chi connectivity index (χ3v) is 5.84. The van der Waals surface area contributed by atoms with E-state index in [1.54, 1.807) is 0 Å². The first kappa shape index (κ1) is 29.7. The molecule has 176 valence electrons. The van der Waals surface area contributed by atoms with Crippen LogP contribution < -0.4 is 0 Å². The average molecular weight is 470 g/mol. The minimum Gasteiger partial charge on any atom is -0.395 e. The van der Waals surface area contributed by atoms with Gasteiger partial charge in [0, 0.05) is 0 Å². The molecule has 0 bridgehead atoms. The van der Waals surface area contributed by atoms with Gasteiger partial charge in [0.1, 0.15) is 0 Å². The predicted molar refractivity (Wildman–Crippen MR) is 116 cm³/mol. The molecule has 1 rings (SSSR count). The molecule has 1 unspecified atom stereocenters. The monoisotopic (exact) mass is 470 g/mol. The number of benzene rings is 1. The Morgan fingerprint density at radius 2 is 1.07 bits per heavy atom. The fraction of sp³-hybridized carbons (Fsp3) is 0.684. The Hall–Kier alpha value is -0.280. The van der Waals surface area contributed by atoms with Crippen LogP contribution in [-0.4, -0.2) is 59.8 Å². The van der Waals surface area contributed by atoms with E-state index in [0.717, 1.165) is 11.1 Å². The third-order valence-electron chi connectivity index (χ3n) is 4.67. The fourth-order valence-corrected chi connectivity index (χ4v) is 3.03. The Kier molecular flexibility index (Phi) is 12.0. The topological polar surface area (TPSA) is 171 Å². The highest BCUT2D eigenvalue weighted by Crippen LogP contribution is 2.41. The van der Waals surface area contributed by atoms with Crippen molar-refractivity contribution in [2.24, 2.45) is 5.41 Å². The number of hydrogen-bond acceptors (Lipinski definition) is 9. The first-order valence-corrected chi connectivity index (χ1v) is 11.6. The first-order valence-electron chi connectivity index (χ1n) is 9.24. The Balaban J connectivity index is 0.00000103. The van der Waals surface area contributed by atoms with Gasteiger partial charge in [-0.3, -0.25) is 0 Å². The van der Waals surface area contributed by atoms with Crippen molar-refractivity contribution in [2.45, 2.75) is 58.5 Å². The lowest BCUT2D eigenvalue weighted by molar-refractivity contribution is -0.0852. The van der Waals surface area contributed by atoms with Gasteiger partial charge in [0.15, 0.2) is 0 Å². The van der Waals surface area contributed by atoms with E-state index >= 15 is 0 Å². The van der Waals surface area contributed by atoms with Gasteiger partial charge < -0.3 is 40.0 Å². The third kappa shape index (κ3) is 9.07. The zero-order valence-corrected chi connectivity index (χ0v) is 20.1. The average Bonchev–Trinajstić information content (AvgIpc) is 2.61. The summed E-state index contributed by atoms with van der Waals surface area (Å²) >= 11 is 0. The molecule has 0 radical (unpaired) electrons. The van der Waals surface area contributed by atoms with Crippen molar-refractivity contribution in [3.8, 4) is 0 Å². The highest BCUT2D eigenvalue weighted by molar-refractivity contribution is 7.53. The standard InChI is InChI=1S/C19H32O4.H4O5P2/c1-17(2,3)14-7-13(8-15(9-14)18(4,5)6)16(23)19(10-20,11-21)12-22;1-6(2)5-7(3)4/h7-9,16,20-23H,10-12H2,1-6H3;1-4H. The molecule has 0 aromatic heterocycles. The van der Waals surface area contributed by atoms with E-state index in [0.29, 0.717) is 5.56 Å². The zero-order valence-electron chi connectivity index (χ0n) is 18.3. The minimum absolute atomic E-state index is 0.101. The van der Waals surface area contributed by atoms with Crippen LogP contribution in [0.5, 0.6) is 0 Å². The summed E-state index contributed by atoms with van der Waals surface area (Å²) in [6.45, 7) is 11.1. The summed E-state index contributed by atoms with van der Waals surface area (Å²) in [5, 5.41) is 39.5. The van der Waals surface area contributed by atoms with E-state index in [4.69, 9.17) is 19.6 Å². The van der Waals surface area contributed by atoms with E-state index in [1.165, 1.54) is 0 Å². The van der Waals surface area contributed by atoms with Gasteiger partial charge in [0.05, 0.1) is 31.3 Å². The van der Waals surface area contributed by atoms with Gasteiger partial charge in [-0.1, -0.05) is 59.7 Å². The molecule has 0 aliphatic carbocycles. The number of aliphatic hydroxyl groups excluding tert-OH is 4. The molecule has 8 N–H and O–H groups in total. The molecule has 0 aliphatic rings. The van der Waals surface area contributed by atoms with Gasteiger partial charge in [-0.05, 0) is 27.5 Å². The van der Waals surface area contributed by atoms with E-state index in [9.17, 15) is 20.4 Å². The molecule has 1 atom stereocenters. The molecule has 1 aromatic carbocycles. The summed E-state index contributed by atoms with van der Waals surface area (Å²) in [7, 11) is -5.22. The summed E-state index contributed by atoms with van der Waals surface area (Å²) in [5.41, 5.74) is 1.19. The summed E-state index contributed by atoms with van der Waals surface area (Å²) in [6, 6.07) is 5.93. The van der Waals surface area contributed by atoms with E-state index in [1.807, 2.05) is 12.1 Å². The minimum atomic E-state index is -2.61. The zero-order chi connectivity index (χ0) is 23.9. The van der Waals surface area contributed by atoms with E-state index in [-0.39, 0.29) is 10.8 Å². The maximum atomic E-state index is 10.7. The maximum absolute atomic E-state index is 10.7. The molecule has 0 saturated heterocycles. The van der Waals surface area contributed by atoms with Crippen LogP contribution in [0.25, 0.3) is 0 Å². The van der Waals surface area contributed by atoms with E-state index in [2.05, 4.69) is 51.9 Å². The molecular weight excluding hydrogens is 434 g/mol. The van der Waals surface area contributed by atoms with Crippen LogP contribution in [-0.2, 0) is 15.1 Å². The molecule has 0 heterocycles. The smallest absolute Gasteiger partial charge is 0.334 e. The van der Waals surface area contributed by atoms with Crippen LogP contribution in [0, 0.1) is 5.41 Å². The molecule has 11 heteroatoms. The van der Waals surface area contributed by atoms with Gasteiger partial charge in [0.2, 0.25) is 0 Å². The Labute approximate surface area is 180 Å². The Morgan fingerprint density at radius 1 is 0.733 bits per heavy atom. The van der Waals surface area contributed by atoms with Crippen molar-refractivity contribution >= 4 is 17.2 Å². The van der Waals surface area contributed by atoms with Crippen LogP contribution in [0.15, 0.2) is 18.2 Å². The second kappa shape index (κ2) is 12.1. The largest absolute Gasteiger partial charge is 0.395 e. The molecule has 30 heavy (non-hydrogen) atoms. The van der Waals surface area contributed by atoms with Crippen molar-refractivity contribution in [3.63, 3.8) is 0 Å². The van der Waals surface area contributed by atoms with Crippen LogP contribution in [0.1, 0.15) is 64.3 Å². The number of hydrogen-bond donors (Lipinski definition) is 8. The normalized spacial score (nSPS) is 14.0. The lowest BCUT2D eigenvalue weighted by atomic mass is 9.75. The SMILES string of the molecule is CC(C)(C)c1cc(C(O)C(CO)(CO)CO)cc(C(C)(C)C)c1.OP(O)OP(O)O. The van der Waals surface area contributed by atoms with Gasteiger partial charge >= 0.3 is 17.2 Å². The highest BCUT2D eigenvalue weighted by atomic mass is 31.2. The molecule has 0 saturated carbocycles. The second-order valence-corrected chi connectivity index (χ2v) is 10.8. The van der Waals surface area contributed by atoms with Gasteiger partial charge in [0.25, 0.3) is 0 Å². The summed E-state index contributed by atoms with van der Waals surface area (Å²) in [4.78, 5) is 31.3. The van der Waals surface area contributed by atoms with Crippen LogP contribution in [0.4, 0.5) is 0 Å². The summed E-state index contributed by atoms with van der Waals surface area (Å²) in [5.74, 6) is 0. The van der Waals surface area contributed by atoms with Gasteiger partial charge in [-0.15, -0.1) is 0 Å². The lowest BCUT2D eigenvalue weighted by Crippen LogP contribution is -2.40. The molecule has 0 amide bonds. The Bertz CT molecular complexity index is 589. The predicted octanol–water partition coefficient (Wildman–Crippen LogP) is 1.70. The summed E-state index contributed by atoms with van der Waals surface area (Å²) in [6.07, 6.45) is -1.15. The molecular formula is C19H36O9P2. The van der Waals surface area contributed by atoms with E-state index < -0.39 is 48.5 Å². The lowest BCUT2D eigenvalue weighted by Gasteiger charge is -2.35. The van der Waals surface area contributed by atoms with Crippen molar-refractivity contribution in [1.29, 1.82) is 0 Å². The molecule has 0 fully saturated rings. The Morgan fingerprint density at radius 3 is 1.27 bits per heavy atom. The first-order chi connectivity index (χ1) is 13.5. The quantitative estimate of drug-likeness (QED) is 0.276. The van der Waals surface area contributed by atoms with Crippen molar-refractivity contribution in [1.82, 2.24) is 0 Å². The molecule has 0 aliphatic heterocycles. The van der Waals surface area contributed by atoms with Crippen molar-refractivity contribution in [2.75, 3.05) is 19.8 Å². The summed E-state index contributed by atoms with van der Waals surface area (Å²) < 4.78 is 3.60. The van der Waals surface area contributed by atoms with Crippen LogP contribution in [0.2, 0.25) is 0 Å². The van der Waals surface area contributed by atoms with Crippen molar-refractivity contribution in [3.05, 3.63) is 34.9 Å². The van der Waals surface area contributed by atoms with Gasteiger partial charge in [-0.25, -0.2) is 4.31 Å². The fourth-order valence-electron chi connectivity index (χ4n) is 2.50. The maximum Gasteiger partial charge on any atom is 0.334 e. The number of rotatable bonds is 7.